The highest BCUT2D eigenvalue weighted by Gasteiger charge is 2.32. The van der Waals surface area contributed by atoms with Crippen LogP contribution in [0.5, 0.6) is 0 Å². The summed E-state index contributed by atoms with van der Waals surface area (Å²) in [4.78, 5) is 4.00. The lowest BCUT2D eigenvalue weighted by atomic mass is 10.0. The molecule has 1 aliphatic heterocycles. The Morgan fingerprint density at radius 3 is 3.06 bits per heavy atom. The highest BCUT2D eigenvalue weighted by Crippen LogP contribution is 2.18. The Morgan fingerprint density at radius 1 is 1.65 bits per heavy atom. The van der Waals surface area contributed by atoms with Gasteiger partial charge < -0.3 is 15.2 Å². The molecule has 17 heavy (non-hydrogen) atoms. The molecule has 0 radical (unpaired) electrons. The van der Waals surface area contributed by atoms with Gasteiger partial charge in [0.25, 0.3) is 0 Å². The van der Waals surface area contributed by atoms with E-state index in [2.05, 4.69) is 10.3 Å². The van der Waals surface area contributed by atoms with Crippen LogP contribution < -0.4 is 5.32 Å². The van der Waals surface area contributed by atoms with Crippen molar-refractivity contribution in [2.75, 3.05) is 19.8 Å². The van der Waals surface area contributed by atoms with Gasteiger partial charge in [-0.2, -0.15) is 0 Å². The summed E-state index contributed by atoms with van der Waals surface area (Å²) in [7, 11) is 0. The molecule has 2 heterocycles. The van der Waals surface area contributed by atoms with E-state index in [1.807, 2.05) is 6.92 Å². The number of nitrogens with one attached hydrogen (secondary N) is 1. The minimum atomic E-state index is -0.783. The standard InChI is InChI=1S/C12H17FN2O2/c1-9(11-3-2-10(13)6-14-11)15-7-12(16)4-5-17-8-12/h2-3,6,9,15-16H,4-5,7-8H2,1H3. The van der Waals surface area contributed by atoms with Gasteiger partial charge in [0.1, 0.15) is 11.4 Å². The zero-order valence-corrected chi connectivity index (χ0v) is 9.82. The maximum atomic E-state index is 12.7. The van der Waals surface area contributed by atoms with Crippen LogP contribution in [0.25, 0.3) is 0 Å². The quantitative estimate of drug-likeness (QED) is 0.825. The van der Waals surface area contributed by atoms with Gasteiger partial charge in [-0.05, 0) is 19.1 Å². The van der Waals surface area contributed by atoms with Crippen LogP contribution >= 0.6 is 0 Å². The molecule has 94 valence electrons. The van der Waals surface area contributed by atoms with Crippen molar-refractivity contribution in [1.82, 2.24) is 10.3 Å². The number of halogens is 1. The van der Waals surface area contributed by atoms with Gasteiger partial charge >= 0.3 is 0 Å². The number of hydrogen-bond acceptors (Lipinski definition) is 4. The van der Waals surface area contributed by atoms with Crippen LogP contribution in [-0.2, 0) is 4.74 Å². The van der Waals surface area contributed by atoms with Gasteiger partial charge in [-0.25, -0.2) is 4.39 Å². The molecule has 0 aliphatic carbocycles. The van der Waals surface area contributed by atoms with E-state index in [1.165, 1.54) is 12.3 Å². The van der Waals surface area contributed by atoms with E-state index in [9.17, 15) is 9.50 Å². The van der Waals surface area contributed by atoms with Crippen molar-refractivity contribution in [3.05, 3.63) is 29.8 Å². The maximum absolute atomic E-state index is 12.7. The fourth-order valence-corrected chi connectivity index (χ4v) is 1.83. The first kappa shape index (κ1) is 12.4. The largest absolute Gasteiger partial charge is 0.386 e. The van der Waals surface area contributed by atoms with Gasteiger partial charge in [-0.15, -0.1) is 0 Å². The maximum Gasteiger partial charge on any atom is 0.141 e. The molecule has 2 N–H and O–H groups in total. The molecule has 1 aromatic rings. The molecule has 0 spiro atoms. The third-order valence-corrected chi connectivity index (χ3v) is 3.01. The van der Waals surface area contributed by atoms with Crippen molar-refractivity contribution in [2.24, 2.45) is 0 Å². The molecule has 1 saturated heterocycles. The average Bonchev–Trinajstić information content (AvgIpc) is 2.75. The molecule has 2 unspecified atom stereocenters. The minimum Gasteiger partial charge on any atom is -0.386 e. The highest BCUT2D eigenvalue weighted by molar-refractivity contribution is 5.09. The molecular weight excluding hydrogens is 223 g/mol. The second-order valence-electron chi connectivity index (χ2n) is 4.53. The fraction of sp³-hybridized carbons (Fsp3) is 0.583. The Kier molecular flexibility index (Phi) is 3.71. The Morgan fingerprint density at radius 2 is 2.47 bits per heavy atom. The number of rotatable bonds is 4. The minimum absolute atomic E-state index is 0.0276. The van der Waals surface area contributed by atoms with Gasteiger partial charge in [0.15, 0.2) is 0 Å². The lowest BCUT2D eigenvalue weighted by molar-refractivity contribution is 0.0251. The van der Waals surface area contributed by atoms with E-state index in [0.717, 1.165) is 5.69 Å². The van der Waals surface area contributed by atoms with Crippen LogP contribution in [0.4, 0.5) is 4.39 Å². The highest BCUT2D eigenvalue weighted by atomic mass is 19.1. The van der Waals surface area contributed by atoms with Crippen molar-refractivity contribution in [3.8, 4) is 0 Å². The number of ether oxygens (including phenoxy) is 1. The first-order valence-electron chi connectivity index (χ1n) is 5.74. The SMILES string of the molecule is CC(NCC1(O)CCOC1)c1ccc(F)cn1. The smallest absolute Gasteiger partial charge is 0.141 e. The first-order valence-corrected chi connectivity index (χ1v) is 5.74. The van der Waals surface area contributed by atoms with Crippen LogP contribution in [0.15, 0.2) is 18.3 Å². The summed E-state index contributed by atoms with van der Waals surface area (Å²) in [6.45, 7) is 3.34. The van der Waals surface area contributed by atoms with Crippen LogP contribution in [0, 0.1) is 5.82 Å². The summed E-state index contributed by atoms with van der Waals surface area (Å²) < 4.78 is 17.9. The normalized spacial score (nSPS) is 26.1. The van der Waals surface area contributed by atoms with E-state index < -0.39 is 5.60 Å². The molecule has 1 aliphatic rings. The van der Waals surface area contributed by atoms with Crippen LogP contribution in [-0.4, -0.2) is 35.5 Å². The molecular formula is C12H17FN2O2. The molecule has 4 nitrogen and oxygen atoms in total. The second kappa shape index (κ2) is 5.08. The molecule has 1 aromatic heterocycles. The third kappa shape index (κ3) is 3.21. The molecule has 2 atom stereocenters. The number of aliphatic hydroxyl groups is 1. The molecule has 1 fully saturated rings. The van der Waals surface area contributed by atoms with Crippen molar-refractivity contribution in [1.29, 1.82) is 0 Å². The Hall–Kier alpha value is -1.04. The van der Waals surface area contributed by atoms with Crippen molar-refractivity contribution < 1.29 is 14.2 Å². The van der Waals surface area contributed by atoms with Crippen molar-refractivity contribution in [3.63, 3.8) is 0 Å². The van der Waals surface area contributed by atoms with Crippen molar-refractivity contribution in [2.45, 2.75) is 25.0 Å². The van der Waals surface area contributed by atoms with Gasteiger partial charge in [-0.3, -0.25) is 4.98 Å². The molecule has 5 heteroatoms. The number of pyridine rings is 1. The fourth-order valence-electron chi connectivity index (χ4n) is 1.83. The summed E-state index contributed by atoms with van der Waals surface area (Å²) in [5, 5.41) is 13.2. The Labute approximate surface area is 99.8 Å². The number of hydrogen-bond donors (Lipinski definition) is 2. The molecule has 0 saturated carbocycles. The van der Waals surface area contributed by atoms with Crippen LogP contribution in [0.1, 0.15) is 25.1 Å². The monoisotopic (exact) mass is 240 g/mol. The van der Waals surface area contributed by atoms with Crippen LogP contribution in [0.2, 0.25) is 0 Å². The van der Waals surface area contributed by atoms with Gasteiger partial charge in [0, 0.05) is 25.6 Å². The average molecular weight is 240 g/mol. The number of aromatic nitrogens is 1. The van der Waals surface area contributed by atoms with Gasteiger partial charge in [0.05, 0.1) is 18.5 Å². The summed E-state index contributed by atoms with van der Waals surface area (Å²) in [5.41, 5.74) is -0.0252. The van der Waals surface area contributed by atoms with Crippen molar-refractivity contribution >= 4 is 0 Å². The van der Waals surface area contributed by atoms with Gasteiger partial charge in [-0.1, -0.05) is 0 Å². The van der Waals surface area contributed by atoms with E-state index in [-0.39, 0.29) is 11.9 Å². The summed E-state index contributed by atoms with van der Waals surface area (Å²) in [6.07, 6.45) is 1.84. The molecule has 0 aromatic carbocycles. The summed E-state index contributed by atoms with van der Waals surface area (Å²) >= 11 is 0. The summed E-state index contributed by atoms with van der Waals surface area (Å²) in [5.74, 6) is -0.344. The van der Waals surface area contributed by atoms with E-state index in [4.69, 9.17) is 4.74 Å². The summed E-state index contributed by atoms with van der Waals surface area (Å²) in [6, 6.07) is 3.00. The van der Waals surface area contributed by atoms with E-state index in [0.29, 0.717) is 26.2 Å². The topological polar surface area (TPSA) is 54.4 Å². The van der Waals surface area contributed by atoms with E-state index >= 15 is 0 Å². The zero-order valence-electron chi connectivity index (χ0n) is 9.82. The Bertz CT molecular complexity index is 363. The third-order valence-electron chi connectivity index (χ3n) is 3.01. The first-order chi connectivity index (χ1) is 8.09. The van der Waals surface area contributed by atoms with Crippen LogP contribution in [0.3, 0.4) is 0 Å². The molecule has 0 bridgehead atoms. The second-order valence-corrected chi connectivity index (χ2v) is 4.53. The van der Waals surface area contributed by atoms with Gasteiger partial charge in [0.2, 0.25) is 0 Å². The molecule has 2 rings (SSSR count). The predicted molar refractivity (Wildman–Crippen MR) is 61.0 cm³/mol. The predicted octanol–water partition coefficient (Wildman–Crippen LogP) is 1.02. The lowest BCUT2D eigenvalue weighted by Crippen LogP contribution is -2.42. The Balaban J connectivity index is 1.88. The lowest BCUT2D eigenvalue weighted by Gasteiger charge is -2.23. The number of nitrogens with zero attached hydrogens (tertiary/aromatic N) is 1. The van der Waals surface area contributed by atoms with E-state index in [1.54, 1.807) is 6.07 Å². The molecule has 0 amide bonds. The zero-order chi connectivity index (χ0) is 12.3.